The molecule has 7 nitrogen and oxygen atoms in total. The van der Waals surface area contributed by atoms with Crippen LogP contribution in [0.4, 0.5) is 5.82 Å². The molecule has 0 bridgehead atoms. The number of carbonyl (C=O) groups excluding carboxylic acids is 1. The summed E-state index contributed by atoms with van der Waals surface area (Å²) in [6, 6.07) is -0.892. The molecule has 1 atom stereocenters. The Balaban J connectivity index is 2.44. The SMILES string of the molecule is CCC(NC(=O)c1sc2ncnc(N(C)C)c2c1C)C(=O)O. The zero-order valence-corrected chi connectivity index (χ0v) is 13.7. The highest BCUT2D eigenvalue weighted by Gasteiger charge is 2.23. The number of hydrogen-bond acceptors (Lipinski definition) is 6. The van der Waals surface area contributed by atoms with Crippen LogP contribution in [-0.4, -0.2) is 47.1 Å². The summed E-state index contributed by atoms with van der Waals surface area (Å²) in [4.78, 5) is 34.9. The highest BCUT2D eigenvalue weighted by molar-refractivity contribution is 7.20. The number of nitrogens with zero attached hydrogens (tertiary/aromatic N) is 3. The first-order chi connectivity index (χ1) is 10.4. The van der Waals surface area contributed by atoms with Crippen LogP contribution in [0.1, 0.15) is 28.6 Å². The van der Waals surface area contributed by atoms with Crippen LogP contribution in [0.2, 0.25) is 0 Å². The van der Waals surface area contributed by atoms with Gasteiger partial charge in [-0.25, -0.2) is 14.8 Å². The first-order valence-electron chi connectivity index (χ1n) is 6.81. The van der Waals surface area contributed by atoms with Crippen LogP contribution in [0.5, 0.6) is 0 Å². The summed E-state index contributed by atoms with van der Waals surface area (Å²) >= 11 is 1.25. The molecule has 118 valence electrons. The minimum atomic E-state index is -1.04. The molecule has 1 amide bonds. The summed E-state index contributed by atoms with van der Waals surface area (Å²) in [5.41, 5.74) is 0.766. The zero-order chi connectivity index (χ0) is 16.4. The lowest BCUT2D eigenvalue weighted by Gasteiger charge is -2.13. The van der Waals surface area contributed by atoms with Gasteiger partial charge in [-0.1, -0.05) is 6.92 Å². The number of hydrogen-bond donors (Lipinski definition) is 2. The van der Waals surface area contributed by atoms with E-state index in [4.69, 9.17) is 5.11 Å². The number of thiophene rings is 1. The van der Waals surface area contributed by atoms with E-state index in [1.54, 1.807) is 6.92 Å². The van der Waals surface area contributed by atoms with Crippen LogP contribution >= 0.6 is 11.3 Å². The molecule has 2 heterocycles. The number of amides is 1. The van der Waals surface area contributed by atoms with E-state index in [9.17, 15) is 9.59 Å². The normalized spacial score (nSPS) is 12.2. The van der Waals surface area contributed by atoms with Crippen LogP contribution < -0.4 is 10.2 Å². The van der Waals surface area contributed by atoms with E-state index in [0.717, 1.165) is 16.8 Å². The quantitative estimate of drug-likeness (QED) is 0.869. The number of aromatic nitrogens is 2. The van der Waals surface area contributed by atoms with Crippen molar-refractivity contribution >= 4 is 39.2 Å². The molecule has 0 saturated carbocycles. The van der Waals surface area contributed by atoms with Crippen molar-refractivity contribution < 1.29 is 14.7 Å². The van der Waals surface area contributed by atoms with Crippen molar-refractivity contribution in [2.75, 3.05) is 19.0 Å². The Labute approximate surface area is 132 Å². The van der Waals surface area contributed by atoms with E-state index in [1.807, 2.05) is 25.9 Å². The summed E-state index contributed by atoms with van der Waals surface area (Å²) < 4.78 is 0. The molecular formula is C14H18N4O3S. The fourth-order valence-corrected chi connectivity index (χ4v) is 3.22. The Morgan fingerprint density at radius 2 is 2.09 bits per heavy atom. The van der Waals surface area contributed by atoms with Gasteiger partial charge in [-0.2, -0.15) is 0 Å². The molecule has 2 aromatic heterocycles. The zero-order valence-electron chi connectivity index (χ0n) is 12.9. The maximum atomic E-state index is 12.4. The van der Waals surface area contributed by atoms with Crippen LogP contribution in [0.3, 0.4) is 0 Å². The fraction of sp³-hybridized carbons (Fsp3) is 0.429. The molecule has 0 radical (unpaired) electrons. The molecule has 22 heavy (non-hydrogen) atoms. The van der Waals surface area contributed by atoms with Crippen LogP contribution in [-0.2, 0) is 4.79 Å². The number of nitrogens with one attached hydrogen (secondary N) is 1. The molecule has 0 aliphatic carbocycles. The van der Waals surface area contributed by atoms with Crippen molar-refractivity contribution in [2.45, 2.75) is 26.3 Å². The minimum Gasteiger partial charge on any atom is -0.480 e. The van der Waals surface area contributed by atoms with E-state index < -0.39 is 12.0 Å². The number of carboxylic acids is 1. The Bertz CT molecular complexity index is 726. The van der Waals surface area contributed by atoms with Gasteiger partial charge in [0.25, 0.3) is 5.91 Å². The fourth-order valence-electron chi connectivity index (χ4n) is 2.17. The van der Waals surface area contributed by atoms with Crippen LogP contribution in [0, 0.1) is 6.92 Å². The first-order valence-corrected chi connectivity index (χ1v) is 7.63. The van der Waals surface area contributed by atoms with Crippen LogP contribution in [0.25, 0.3) is 10.2 Å². The Morgan fingerprint density at radius 3 is 2.64 bits per heavy atom. The highest BCUT2D eigenvalue weighted by atomic mass is 32.1. The third kappa shape index (κ3) is 2.87. The van der Waals surface area contributed by atoms with Gasteiger partial charge in [0.15, 0.2) is 0 Å². The highest BCUT2D eigenvalue weighted by Crippen LogP contribution is 2.34. The number of aliphatic carboxylic acids is 1. The number of rotatable bonds is 5. The molecule has 0 saturated heterocycles. The summed E-state index contributed by atoms with van der Waals surface area (Å²) in [6.07, 6.45) is 1.79. The molecule has 2 aromatic rings. The van der Waals surface area contributed by atoms with Gasteiger partial charge in [-0.05, 0) is 18.9 Å². The van der Waals surface area contributed by atoms with Gasteiger partial charge >= 0.3 is 5.97 Å². The van der Waals surface area contributed by atoms with Crippen LogP contribution in [0.15, 0.2) is 6.33 Å². The first kappa shape index (κ1) is 16.2. The molecule has 1 unspecified atom stereocenters. The summed E-state index contributed by atoms with van der Waals surface area (Å²) in [6.45, 7) is 3.54. The molecule has 0 spiro atoms. The third-order valence-electron chi connectivity index (χ3n) is 3.35. The lowest BCUT2D eigenvalue weighted by molar-refractivity contribution is -0.139. The van der Waals surface area contributed by atoms with Crippen molar-refractivity contribution in [3.05, 3.63) is 16.8 Å². The second-order valence-electron chi connectivity index (χ2n) is 5.10. The van der Waals surface area contributed by atoms with Gasteiger partial charge in [0.05, 0.1) is 10.3 Å². The monoisotopic (exact) mass is 322 g/mol. The van der Waals surface area contributed by atoms with E-state index in [-0.39, 0.29) is 5.91 Å². The van der Waals surface area contributed by atoms with Crippen molar-refractivity contribution in [1.82, 2.24) is 15.3 Å². The number of fused-ring (bicyclic) bond motifs is 1. The summed E-state index contributed by atoms with van der Waals surface area (Å²) in [5.74, 6) is -0.689. The van der Waals surface area contributed by atoms with E-state index in [0.29, 0.717) is 16.1 Å². The summed E-state index contributed by atoms with van der Waals surface area (Å²) in [5, 5.41) is 12.4. The molecule has 0 aliphatic heterocycles. The standard InChI is InChI=1S/C14H18N4O3S/c1-5-8(14(20)21)17-12(19)10-7(2)9-11(18(3)4)15-6-16-13(9)22-10/h6,8H,5H2,1-4H3,(H,17,19)(H,20,21). The van der Waals surface area contributed by atoms with Gasteiger partial charge in [0.2, 0.25) is 0 Å². The molecule has 2 N–H and O–H groups in total. The third-order valence-corrected chi connectivity index (χ3v) is 4.55. The molecular weight excluding hydrogens is 304 g/mol. The lowest BCUT2D eigenvalue weighted by atomic mass is 10.1. The lowest BCUT2D eigenvalue weighted by Crippen LogP contribution is -2.40. The molecule has 8 heteroatoms. The largest absolute Gasteiger partial charge is 0.480 e. The maximum absolute atomic E-state index is 12.4. The number of carbonyl (C=O) groups is 2. The minimum absolute atomic E-state index is 0.327. The second kappa shape index (κ2) is 6.27. The van der Waals surface area contributed by atoms with E-state index in [1.165, 1.54) is 17.7 Å². The Morgan fingerprint density at radius 1 is 1.41 bits per heavy atom. The average molecular weight is 322 g/mol. The number of anilines is 1. The average Bonchev–Trinajstić information content (AvgIpc) is 2.81. The number of carboxylic acid groups (broad SMARTS) is 1. The molecule has 0 aromatic carbocycles. The van der Waals surface area contributed by atoms with Gasteiger partial charge in [-0.3, -0.25) is 4.79 Å². The van der Waals surface area contributed by atoms with Crippen molar-refractivity contribution in [3.63, 3.8) is 0 Å². The van der Waals surface area contributed by atoms with Gasteiger partial charge in [0.1, 0.15) is 23.0 Å². The number of aryl methyl sites for hydroxylation is 1. The molecule has 0 fully saturated rings. The van der Waals surface area contributed by atoms with E-state index >= 15 is 0 Å². The van der Waals surface area contributed by atoms with Crippen molar-refractivity contribution in [3.8, 4) is 0 Å². The van der Waals surface area contributed by atoms with Gasteiger partial charge in [-0.15, -0.1) is 11.3 Å². The molecule has 2 rings (SSSR count). The topological polar surface area (TPSA) is 95.4 Å². The smallest absolute Gasteiger partial charge is 0.326 e. The predicted molar refractivity (Wildman–Crippen MR) is 85.7 cm³/mol. The molecule has 0 aliphatic rings. The van der Waals surface area contributed by atoms with Gasteiger partial charge in [0, 0.05) is 14.1 Å². The second-order valence-corrected chi connectivity index (χ2v) is 6.10. The van der Waals surface area contributed by atoms with E-state index in [2.05, 4.69) is 15.3 Å². The Hall–Kier alpha value is -2.22. The maximum Gasteiger partial charge on any atom is 0.326 e. The van der Waals surface area contributed by atoms with Gasteiger partial charge < -0.3 is 15.3 Å². The van der Waals surface area contributed by atoms with Crippen molar-refractivity contribution in [1.29, 1.82) is 0 Å². The van der Waals surface area contributed by atoms with Crippen molar-refractivity contribution in [2.24, 2.45) is 0 Å². The summed E-state index contributed by atoms with van der Waals surface area (Å²) in [7, 11) is 3.74. The predicted octanol–water partition coefficient (Wildman–Crippen LogP) is 1.66. The Kier molecular flexibility index (Phi) is 4.60.